The quantitative estimate of drug-likeness (QED) is 0.189. The van der Waals surface area contributed by atoms with Crippen LogP contribution in [0.4, 0.5) is 0 Å². The monoisotopic (exact) mass is 448 g/mol. The van der Waals surface area contributed by atoms with Gasteiger partial charge in [-0.05, 0) is 19.9 Å². The highest BCUT2D eigenvalue weighted by molar-refractivity contribution is 5.96. The Morgan fingerprint density at radius 1 is 1.17 bits per heavy atom. The molecule has 0 fully saturated rings. The molecule has 0 aromatic heterocycles. The largest absolute Gasteiger partial charge is 0.456 e. The van der Waals surface area contributed by atoms with Crippen molar-refractivity contribution in [2.45, 2.75) is 71.6 Å². The molecule has 1 aliphatic heterocycles. The number of hydrogen-bond acceptors (Lipinski definition) is 6. The van der Waals surface area contributed by atoms with Crippen LogP contribution in [0.2, 0.25) is 0 Å². The van der Waals surface area contributed by atoms with E-state index in [0.717, 1.165) is 19.3 Å². The Hall–Kier alpha value is -2.22. The van der Waals surface area contributed by atoms with Crippen molar-refractivity contribution in [2.24, 2.45) is 0 Å². The van der Waals surface area contributed by atoms with Crippen LogP contribution in [0.15, 0.2) is 24.0 Å². The molecule has 0 radical (unpaired) electrons. The number of allylic oxidation sites excluding steroid dienone is 1. The molecule has 0 saturated heterocycles. The molecule has 0 aromatic rings. The van der Waals surface area contributed by atoms with Crippen LogP contribution in [-0.4, -0.2) is 42.9 Å². The van der Waals surface area contributed by atoms with Crippen LogP contribution in [0.1, 0.15) is 75.7 Å². The van der Waals surface area contributed by atoms with E-state index in [0.29, 0.717) is 17.1 Å². The summed E-state index contributed by atoms with van der Waals surface area (Å²) in [6.07, 6.45) is 8.79. The second-order valence-electron chi connectivity index (χ2n) is 6.92. The first-order valence-electron chi connectivity index (χ1n) is 11.6. The molecule has 30 heavy (non-hydrogen) atoms. The molecule has 1 aliphatic rings. The lowest BCUT2D eigenvalue weighted by Crippen LogP contribution is -2.43. The molecule has 0 saturated carbocycles. The van der Waals surface area contributed by atoms with Gasteiger partial charge in [0.15, 0.2) is 18.3 Å². The predicted molar refractivity (Wildman–Crippen MR) is 118 cm³/mol. The van der Waals surface area contributed by atoms with Crippen molar-refractivity contribution in [1.82, 2.24) is 10.2 Å². The van der Waals surface area contributed by atoms with Gasteiger partial charge in [-0.25, -0.2) is 0 Å². The lowest BCUT2D eigenvalue weighted by molar-refractivity contribution is -0.143. The highest BCUT2D eigenvalue weighted by atomic mass is 35.5. The van der Waals surface area contributed by atoms with Gasteiger partial charge in [-0.1, -0.05) is 51.9 Å². The lowest BCUT2D eigenvalue weighted by Gasteiger charge is -2.19. The zero-order valence-corrected chi connectivity index (χ0v) is 18.7. The fraction of sp³-hybridized carbons (Fsp3) is 0.667. The maximum atomic E-state index is 12.1. The number of rotatable bonds is 13. The fourth-order valence-corrected chi connectivity index (χ4v) is 2.67. The van der Waals surface area contributed by atoms with Crippen molar-refractivity contribution in [2.75, 3.05) is 20.1 Å². The van der Waals surface area contributed by atoms with Crippen molar-refractivity contribution >= 4 is 30.2 Å². The van der Waals surface area contributed by atoms with Gasteiger partial charge in [0, 0.05) is 17.5 Å². The van der Waals surface area contributed by atoms with Crippen LogP contribution in [0.3, 0.4) is 0 Å². The van der Waals surface area contributed by atoms with Crippen molar-refractivity contribution in [3.63, 3.8) is 0 Å². The number of halogens is 1. The SMILES string of the molecule is Cl.[2H]C([2H])([2H])N(CC(=O)OCC1=C(C)OC(=C)O1)C(=N)NC(=O)CCCCCCCCCC. The average molecular weight is 449 g/mol. The molecule has 0 bridgehead atoms. The third kappa shape index (κ3) is 11.7. The van der Waals surface area contributed by atoms with Gasteiger partial charge < -0.3 is 19.1 Å². The van der Waals surface area contributed by atoms with Crippen molar-refractivity contribution in [3.05, 3.63) is 24.0 Å². The normalized spacial score (nSPS) is 14.5. The summed E-state index contributed by atoms with van der Waals surface area (Å²) in [6, 6.07) is 0. The van der Waals surface area contributed by atoms with E-state index in [1.807, 2.05) is 0 Å². The summed E-state index contributed by atoms with van der Waals surface area (Å²) >= 11 is 0. The number of unbranched alkanes of at least 4 members (excludes halogenated alkanes) is 7. The Morgan fingerprint density at radius 3 is 2.37 bits per heavy atom. The van der Waals surface area contributed by atoms with Crippen LogP contribution in [0.5, 0.6) is 0 Å². The molecular formula is C21H36ClN3O5. The number of carbonyl (C=O) groups is 2. The Morgan fingerprint density at radius 2 is 1.80 bits per heavy atom. The molecule has 0 unspecified atom stereocenters. The first-order chi connectivity index (χ1) is 15.0. The number of hydrogen-bond donors (Lipinski definition) is 2. The van der Waals surface area contributed by atoms with Crippen LogP contribution < -0.4 is 5.32 Å². The zero-order valence-electron chi connectivity index (χ0n) is 20.9. The highest BCUT2D eigenvalue weighted by Crippen LogP contribution is 2.22. The Balaban J connectivity index is 0.0000102. The number of likely N-dealkylation sites (N-methyl/N-ethyl adjacent to an activating group) is 1. The maximum absolute atomic E-state index is 12.1. The van der Waals surface area contributed by atoms with E-state index in [1.165, 1.54) is 25.7 Å². The van der Waals surface area contributed by atoms with E-state index in [9.17, 15) is 9.59 Å². The summed E-state index contributed by atoms with van der Waals surface area (Å²) < 4.78 is 37.9. The number of ether oxygens (including phenoxy) is 3. The standard InChI is InChI=1S/C21H35N3O5.ClH/c1-5-6-7-8-9-10-11-12-13-19(25)23-21(22)24(4)14-20(26)27-15-18-16(2)28-17(3)29-18;/h3,5-15H2,1-2,4H3,(H2,22,23,25);1H/i4D3;. The number of nitrogens with one attached hydrogen (secondary N) is 2. The first kappa shape index (κ1) is 22.5. The molecule has 1 heterocycles. The van der Waals surface area contributed by atoms with Crippen LogP contribution in [0.25, 0.3) is 0 Å². The number of guanidine groups is 1. The van der Waals surface area contributed by atoms with E-state index in [1.54, 1.807) is 6.92 Å². The molecule has 2 N–H and O–H groups in total. The highest BCUT2D eigenvalue weighted by Gasteiger charge is 2.20. The lowest BCUT2D eigenvalue weighted by atomic mass is 10.1. The van der Waals surface area contributed by atoms with Gasteiger partial charge >= 0.3 is 5.97 Å². The molecule has 0 aliphatic carbocycles. The van der Waals surface area contributed by atoms with E-state index >= 15 is 0 Å². The molecule has 172 valence electrons. The molecule has 0 spiro atoms. The molecule has 8 nitrogen and oxygen atoms in total. The first-order valence-corrected chi connectivity index (χ1v) is 10.1. The van der Waals surface area contributed by atoms with E-state index in [2.05, 4.69) is 18.8 Å². The van der Waals surface area contributed by atoms with Crippen molar-refractivity contribution in [3.8, 4) is 0 Å². The Kier molecular flexibility index (Phi) is 11.7. The molecule has 0 aromatic carbocycles. The second-order valence-corrected chi connectivity index (χ2v) is 6.92. The minimum absolute atomic E-state index is 0. The zero-order chi connectivity index (χ0) is 24.1. The minimum atomic E-state index is -2.81. The Bertz CT molecular complexity index is 714. The van der Waals surface area contributed by atoms with Crippen molar-refractivity contribution < 1.29 is 27.9 Å². The molecule has 1 amide bonds. The predicted octanol–water partition coefficient (Wildman–Crippen LogP) is 4.21. The maximum Gasteiger partial charge on any atom is 0.326 e. The van der Waals surface area contributed by atoms with Gasteiger partial charge in [-0.3, -0.25) is 20.3 Å². The summed E-state index contributed by atoms with van der Waals surface area (Å²) in [5, 5.41) is 10.2. The number of esters is 1. The third-order valence-corrected chi connectivity index (χ3v) is 4.33. The van der Waals surface area contributed by atoms with Gasteiger partial charge in [-0.2, -0.15) is 0 Å². The second kappa shape index (κ2) is 15.6. The summed E-state index contributed by atoms with van der Waals surface area (Å²) in [6.45, 7) is 3.45. The summed E-state index contributed by atoms with van der Waals surface area (Å²) in [5.74, 6) is -1.34. The Labute approximate surface area is 190 Å². The van der Waals surface area contributed by atoms with Gasteiger partial charge in [-0.15, -0.1) is 12.4 Å². The summed E-state index contributed by atoms with van der Waals surface area (Å²) in [7, 11) is 0. The smallest absolute Gasteiger partial charge is 0.326 e. The average Bonchev–Trinajstić information content (AvgIpc) is 3.02. The fourth-order valence-electron chi connectivity index (χ4n) is 2.67. The third-order valence-electron chi connectivity index (χ3n) is 4.33. The van der Waals surface area contributed by atoms with Gasteiger partial charge in [0.05, 0.1) is 0 Å². The topological polar surface area (TPSA) is 101 Å². The molecule has 9 heteroatoms. The summed E-state index contributed by atoms with van der Waals surface area (Å²) in [5.41, 5.74) is 0. The summed E-state index contributed by atoms with van der Waals surface area (Å²) in [4.78, 5) is 24.7. The van der Waals surface area contributed by atoms with Gasteiger partial charge in [0.2, 0.25) is 5.91 Å². The molecular weight excluding hydrogens is 410 g/mol. The number of nitrogens with zero attached hydrogens (tertiary/aromatic N) is 1. The van der Waals surface area contributed by atoms with Crippen LogP contribution in [-0.2, 0) is 23.8 Å². The van der Waals surface area contributed by atoms with Crippen molar-refractivity contribution in [1.29, 1.82) is 5.41 Å². The molecule has 0 atom stereocenters. The minimum Gasteiger partial charge on any atom is -0.456 e. The number of amides is 1. The van der Waals surface area contributed by atoms with E-state index < -0.39 is 31.4 Å². The molecule has 1 rings (SSSR count). The number of carbonyl (C=O) groups excluding carboxylic acids is 2. The van der Waals surface area contributed by atoms with Crippen LogP contribution in [0, 0.1) is 5.41 Å². The van der Waals surface area contributed by atoms with E-state index in [4.69, 9.17) is 23.7 Å². The van der Waals surface area contributed by atoms with E-state index in [-0.39, 0.29) is 37.1 Å². The van der Waals surface area contributed by atoms with Gasteiger partial charge in [0.1, 0.15) is 12.3 Å². The van der Waals surface area contributed by atoms with Crippen LogP contribution >= 0.6 is 12.4 Å². The van der Waals surface area contributed by atoms with Gasteiger partial charge in [0.25, 0.3) is 5.95 Å².